The SMILES string of the molecule is CCNc1c(CN2CCCC(OC)C2)cccc1[N+](=O)[O-]. The molecule has 1 aromatic rings. The van der Waals surface area contributed by atoms with Crippen LogP contribution >= 0.6 is 0 Å². The maximum atomic E-state index is 11.2. The van der Waals surface area contributed by atoms with E-state index in [4.69, 9.17) is 4.74 Å². The van der Waals surface area contributed by atoms with Gasteiger partial charge < -0.3 is 10.1 Å². The lowest BCUT2D eigenvalue weighted by atomic mass is 10.1. The number of likely N-dealkylation sites (tertiary alicyclic amines) is 1. The van der Waals surface area contributed by atoms with Crippen molar-refractivity contribution in [1.82, 2.24) is 4.90 Å². The van der Waals surface area contributed by atoms with E-state index in [1.807, 2.05) is 13.0 Å². The molecule has 1 saturated heterocycles. The highest BCUT2D eigenvalue weighted by molar-refractivity contribution is 5.66. The summed E-state index contributed by atoms with van der Waals surface area (Å²) in [5.41, 5.74) is 1.77. The average Bonchev–Trinajstić information content (AvgIpc) is 2.49. The topological polar surface area (TPSA) is 67.6 Å². The maximum Gasteiger partial charge on any atom is 0.292 e. The zero-order chi connectivity index (χ0) is 15.2. The number of piperidine rings is 1. The number of nitrogens with zero attached hydrogens (tertiary/aromatic N) is 2. The minimum atomic E-state index is -0.324. The van der Waals surface area contributed by atoms with Crippen LogP contribution in [0.5, 0.6) is 0 Å². The molecule has 0 bridgehead atoms. The highest BCUT2D eigenvalue weighted by Gasteiger charge is 2.22. The molecule has 21 heavy (non-hydrogen) atoms. The Morgan fingerprint density at radius 1 is 1.52 bits per heavy atom. The predicted molar refractivity (Wildman–Crippen MR) is 82.6 cm³/mol. The van der Waals surface area contributed by atoms with Crippen LogP contribution in [0.25, 0.3) is 0 Å². The molecular weight excluding hydrogens is 270 g/mol. The lowest BCUT2D eigenvalue weighted by molar-refractivity contribution is -0.384. The van der Waals surface area contributed by atoms with Gasteiger partial charge in [-0.05, 0) is 31.9 Å². The molecule has 0 radical (unpaired) electrons. The Bertz CT molecular complexity index is 493. The lowest BCUT2D eigenvalue weighted by Gasteiger charge is -2.32. The zero-order valence-electron chi connectivity index (χ0n) is 12.7. The molecule has 1 aromatic carbocycles. The standard InChI is InChI=1S/C15H23N3O3/c1-3-16-15-12(6-4-8-14(15)18(19)20)10-17-9-5-7-13(11-17)21-2/h4,6,8,13,16H,3,5,7,9-11H2,1-2H3. The normalized spacial score (nSPS) is 19.4. The monoisotopic (exact) mass is 293 g/mol. The summed E-state index contributed by atoms with van der Waals surface area (Å²) in [5.74, 6) is 0. The van der Waals surface area contributed by atoms with Gasteiger partial charge in [0.2, 0.25) is 0 Å². The van der Waals surface area contributed by atoms with E-state index in [9.17, 15) is 10.1 Å². The molecule has 1 N–H and O–H groups in total. The van der Waals surface area contributed by atoms with Crippen molar-refractivity contribution in [2.75, 3.05) is 32.1 Å². The van der Waals surface area contributed by atoms with Gasteiger partial charge in [0, 0.05) is 32.8 Å². The van der Waals surface area contributed by atoms with E-state index in [2.05, 4.69) is 10.2 Å². The molecule has 6 nitrogen and oxygen atoms in total. The van der Waals surface area contributed by atoms with Gasteiger partial charge in [0.05, 0.1) is 11.0 Å². The first-order chi connectivity index (χ1) is 10.2. The number of benzene rings is 1. The van der Waals surface area contributed by atoms with Gasteiger partial charge >= 0.3 is 0 Å². The number of nitro benzene ring substituents is 1. The highest BCUT2D eigenvalue weighted by Crippen LogP contribution is 2.29. The largest absolute Gasteiger partial charge is 0.380 e. The van der Waals surface area contributed by atoms with E-state index in [-0.39, 0.29) is 16.7 Å². The maximum absolute atomic E-state index is 11.2. The molecule has 0 aromatic heterocycles. The van der Waals surface area contributed by atoms with Crippen LogP contribution in [0, 0.1) is 10.1 Å². The van der Waals surface area contributed by atoms with Gasteiger partial charge in [0.25, 0.3) is 5.69 Å². The van der Waals surface area contributed by atoms with Crippen molar-refractivity contribution in [3.63, 3.8) is 0 Å². The Morgan fingerprint density at radius 3 is 3.00 bits per heavy atom. The Morgan fingerprint density at radius 2 is 2.33 bits per heavy atom. The van der Waals surface area contributed by atoms with Crippen molar-refractivity contribution >= 4 is 11.4 Å². The summed E-state index contributed by atoms with van der Waals surface area (Å²) in [6, 6.07) is 5.27. The Hall–Kier alpha value is -1.66. The molecule has 1 fully saturated rings. The van der Waals surface area contributed by atoms with Crippen molar-refractivity contribution in [1.29, 1.82) is 0 Å². The third kappa shape index (κ3) is 3.92. The number of hydrogen-bond donors (Lipinski definition) is 1. The predicted octanol–water partition coefficient (Wildman–Crippen LogP) is 2.64. The van der Waals surface area contributed by atoms with Crippen molar-refractivity contribution < 1.29 is 9.66 Å². The van der Waals surface area contributed by atoms with Gasteiger partial charge in [-0.1, -0.05) is 12.1 Å². The molecular formula is C15H23N3O3. The first-order valence-electron chi connectivity index (χ1n) is 7.41. The Balaban J connectivity index is 2.18. The second kappa shape index (κ2) is 7.38. The zero-order valence-corrected chi connectivity index (χ0v) is 12.7. The van der Waals surface area contributed by atoms with Gasteiger partial charge in [0.15, 0.2) is 0 Å². The molecule has 1 unspecified atom stereocenters. The first kappa shape index (κ1) is 15.7. The van der Waals surface area contributed by atoms with Crippen LogP contribution in [0.4, 0.5) is 11.4 Å². The van der Waals surface area contributed by atoms with Crippen LogP contribution < -0.4 is 5.32 Å². The molecule has 1 atom stereocenters. The first-order valence-corrected chi connectivity index (χ1v) is 7.41. The van der Waals surface area contributed by atoms with E-state index in [0.29, 0.717) is 18.8 Å². The number of anilines is 1. The number of nitrogens with one attached hydrogen (secondary N) is 1. The van der Waals surface area contributed by atoms with Crippen molar-refractivity contribution in [3.05, 3.63) is 33.9 Å². The van der Waals surface area contributed by atoms with Crippen LogP contribution in [0.2, 0.25) is 0 Å². The molecule has 0 saturated carbocycles. The molecule has 0 amide bonds. The summed E-state index contributed by atoms with van der Waals surface area (Å²) in [6.45, 7) is 5.21. The van der Waals surface area contributed by atoms with Crippen LogP contribution in [0.15, 0.2) is 18.2 Å². The summed E-state index contributed by atoms with van der Waals surface area (Å²) < 4.78 is 5.43. The lowest BCUT2D eigenvalue weighted by Crippen LogP contribution is -2.38. The van der Waals surface area contributed by atoms with Crippen LogP contribution in [0.1, 0.15) is 25.3 Å². The third-order valence-corrected chi connectivity index (χ3v) is 3.87. The fourth-order valence-corrected chi connectivity index (χ4v) is 2.84. The van der Waals surface area contributed by atoms with Gasteiger partial charge in [-0.15, -0.1) is 0 Å². The van der Waals surface area contributed by atoms with Crippen LogP contribution in [-0.2, 0) is 11.3 Å². The minimum Gasteiger partial charge on any atom is -0.380 e. The molecule has 1 aliphatic rings. The van der Waals surface area contributed by atoms with Crippen LogP contribution in [0.3, 0.4) is 0 Å². The molecule has 1 heterocycles. The second-order valence-electron chi connectivity index (χ2n) is 5.33. The minimum absolute atomic E-state index is 0.148. The fourth-order valence-electron chi connectivity index (χ4n) is 2.84. The average molecular weight is 293 g/mol. The van der Waals surface area contributed by atoms with Gasteiger partial charge in [-0.2, -0.15) is 0 Å². The summed E-state index contributed by atoms with van der Waals surface area (Å²) in [5, 5.41) is 14.3. The molecule has 0 aliphatic carbocycles. The quantitative estimate of drug-likeness (QED) is 0.645. The summed E-state index contributed by atoms with van der Waals surface area (Å²) in [4.78, 5) is 13.2. The smallest absolute Gasteiger partial charge is 0.292 e. The van der Waals surface area contributed by atoms with E-state index in [0.717, 1.165) is 31.5 Å². The summed E-state index contributed by atoms with van der Waals surface area (Å²) in [6.07, 6.45) is 2.45. The molecule has 2 rings (SSSR count). The number of rotatable bonds is 6. The van der Waals surface area contributed by atoms with Crippen molar-refractivity contribution in [3.8, 4) is 0 Å². The van der Waals surface area contributed by atoms with E-state index >= 15 is 0 Å². The van der Waals surface area contributed by atoms with Gasteiger partial charge in [-0.3, -0.25) is 15.0 Å². The van der Waals surface area contributed by atoms with Crippen molar-refractivity contribution in [2.45, 2.75) is 32.4 Å². The molecule has 1 aliphatic heterocycles. The molecule has 116 valence electrons. The number of hydrogen-bond acceptors (Lipinski definition) is 5. The fraction of sp³-hybridized carbons (Fsp3) is 0.600. The number of para-hydroxylation sites is 1. The molecule has 0 spiro atoms. The van der Waals surface area contributed by atoms with E-state index in [1.54, 1.807) is 19.2 Å². The number of ether oxygens (including phenoxy) is 1. The van der Waals surface area contributed by atoms with E-state index in [1.165, 1.54) is 0 Å². The second-order valence-corrected chi connectivity index (χ2v) is 5.33. The summed E-state index contributed by atoms with van der Waals surface area (Å²) >= 11 is 0. The third-order valence-electron chi connectivity index (χ3n) is 3.87. The Kier molecular flexibility index (Phi) is 5.52. The summed E-state index contributed by atoms with van der Waals surface area (Å²) in [7, 11) is 1.74. The van der Waals surface area contributed by atoms with Gasteiger partial charge in [-0.25, -0.2) is 0 Å². The number of nitro groups is 1. The van der Waals surface area contributed by atoms with E-state index < -0.39 is 0 Å². The van der Waals surface area contributed by atoms with Crippen molar-refractivity contribution in [2.24, 2.45) is 0 Å². The Labute approximate surface area is 125 Å². The van der Waals surface area contributed by atoms with Crippen LogP contribution in [-0.4, -0.2) is 42.7 Å². The molecule has 6 heteroatoms. The number of methoxy groups -OCH3 is 1. The van der Waals surface area contributed by atoms with Gasteiger partial charge in [0.1, 0.15) is 5.69 Å². The highest BCUT2D eigenvalue weighted by atomic mass is 16.6.